The standard InChI is InChI=1S/C17H21NO2/c1-4-10-19-14-6-5-7-15(17(14)18)20-16-11-12(2)8-9-13(16)3/h5-9,11H,4,10,18H2,1-3H3. The van der Waals surface area contributed by atoms with Crippen molar-refractivity contribution in [3.05, 3.63) is 47.5 Å². The summed E-state index contributed by atoms with van der Waals surface area (Å²) in [6.07, 6.45) is 0.946. The number of rotatable bonds is 5. The molecule has 2 aromatic carbocycles. The minimum atomic E-state index is 0.543. The van der Waals surface area contributed by atoms with E-state index in [1.165, 1.54) is 0 Å². The number of para-hydroxylation sites is 1. The van der Waals surface area contributed by atoms with E-state index in [0.29, 0.717) is 23.8 Å². The topological polar surface area (TPSA) is 44.5 Å². The average molecular weight is 271 g/mol. The maximum Gasteiger partial charge on any atom is 0.154 e. The molecule has 3 heteroatoms. The molecule has 0 aliphatic carbocycles. The Balaban J connectivity index is 2.27. The lowest BCUT2D eigenvalue weighted by Crippen LogP contribution is -2.01. The fourth-order valence-electron chi connectivity index (χ4n) is 1.89. The molecule has 2 aromatic rings. The summed E-state index contributed by atoms with van der Waals surface area (Å²) in [5.74, 6) is 2.13. The summed E-state index contributed by atoms with van der Waals surface area (Å²) >= 11 is 0. The fraction of sp³-hybridized carbons (Fsp3) is 0.294. The second-order valence-corrected chi connectivity index (χ2v) is 4.89. The number of anilines is 1. The molecule has 0 fully saturated rings. The maximum absolute atomic E-state index is 6.11. The van der Waals surface area contributed by atoms with Crippen LogP contribution in [-0.4, -0.2) is 6.61 Å². The van der Waals surface area contributed by atoms with Gasteiger partial charge in [-0.3, -0.25) is 0 Å². The smallest absolute Gasteiger partial charge is 0.154 e. The Morgan fingerprint density at radius 2 is 1.75 bits per heavy atom. The molecule has 0 saturated carbocycles. The highest BCUT2D eigenvalue weighted by Crippen LogP contribution is 2.35. The molecular weight excluding hydrogens is 250 g/mol. The first-order chi connectivity index (χ1) is 9.61. The predicted octanol–water partition coefficient (Wildman–Crippen LogP) is 4.47. The Morgan fingerprint density at radius 3 is 2.50 bits per heavy atom. The van der Waals surface area contributed by atoms with Crippen LogP contribution in [-0.2, 0) is 0 Å². The van der Waals surface area contributed by atoms with Gasteiger partial charge in [-0.05, 0) is 49.6 Å². The number of hydrogen-bond acceptors (Lipinski definition) is 3. The van der Waals surface area contributed by atoms with E-state index >= 15 is 0 Å². The molecule has 0 atom stereocenters. The molecule has 0 aliphatic rings. The highest BCUT2D eigenvalue weighted by atomic mass is 16.5. The molecule has 0 unspecified atom stereocenters. The minimum Gasteiger partial charge on any atom is -0.491 e. The highest BCUT2D eigenvalue weighted by Gasteiger charge is 2.09. The average Bonchev–Trinajstić information content (AvgIpc) is 2.44. The van der Waals surface area contributed by atoms with Crippen LogP contribution >= 0.6 is 0 Å². The van der Waals surface area contributed by atoms with E-state index in [-0.39, 0.29) is 0 Å². The molecule has 0 amide bonds. The van der Waals surface area contributed by atoms with E-state index in [1.54, 1.807) is 0 Å². The van der Waals surface area contributed by atoms with Crippen LogP contribution in [0.3, 0.4) is 0 Å². The van der Waals surface area contributed by atoms with Crippen LogP contribution in [0.2, 0.25) is 0 Å². The summed E-state index contributed by atoms with van der Waals surface area (Å²) in [5.41, 5.74) is 8.89. The van der Waals surface area contributed by atoms with Gasteiger partial charge in [-0.1, -0.05) is 25.1 Å². The van der Waals surface area contributed by atoms with E-state index in [0.717, 1.165) is 23.3 Å². The second kappa shape index (κ2) is 6.33. The third-order valence-electron chi connectivity index (χ3n) is 3.05. The lowest BCUT2D eigenvalue weighted by Gasteiger charge is -2.14. The van der Waals surface area contributed by atoms with Crippen molar-refractivity contribution in [2.45, 2.75) is 27.2 Å². The minimum absolute atomic E-state index is 0.543. The lowest BCUT2D eigenvalue weighted by molar-refractivity contribution is 0.318. The van der Waals surface area contributed by atoms with Gasteiger partial charge in [-0.2, -0.15) is 0 Å². The number of aryl methyl sites for hydroxylation is 2. The molecule has 0 saturated heterocycles. The van der Waals surface area contributed by atoms with Crippen molar-refractivity contribution in [3.8, 4) is 17.2 Å². The largest absolute Gasteiger partial charge is 0.491 e. The first kappa shape index (κ1) is 14.3. The Labute approximate surface area is 120 Å². The number of nitrogen functional groups attached to an aromatic ring is 1. The monoisotopic (exact) mass is 271 g/mol. The zero-order valence-corrected chi connectivity index (χ0v) is 12.3. The van der Waals surface area contributed by atoms with Gasteiger partial charge in [-0.25, -0.2) is 0 Å². The SMILES string of the molecule is CCCOc1cccc(Oc2cc(C)ccc2C)c1N. The maximum atomic E-state index is 6.11. The predicted molar refractivity (Wildman–Crippen MR) is 82.6 cm³/mol. The van der Waals surface area contributed by atoms with Gasteiger partial charge >= 0.3 is 0 Å². The number of nitrogens with two attached hydrogens (primary N) is 1. The van der Waals surface area contributed by atoms with Crippen molar-refractivity contribution < 1.29 is 9.47 Å². The summed E-state index contributed by atoms with van der Waals surface area (Å²) in [6.45, 7) is 6.77. The Morgan fingerprint density at radius 1 is 1.00 bits per heavy atom. The Kier molecular flexibility index (Phi) is 4.51. The molecule has 2 rings (SSSR count). The third kappa shape index (κ3) is 3.23. The molecule has 0 aliphatic heterocycles. The molecule has 0 radical (unpaired) electrons. The molecule has 0 bridgehead atoms. The van der Waals surface area contributed by atoms with Gasteiger partial charge < -0.3 is 15.2 Å². The van der Waals surface area contributed by atoms with Gasteiger partial charge in [0.2, 0.25) is 0 Å². The van der Waals surface area contributed by atoms with Gasteiger partial charge in [0.05, 0.1) is 6.61 Å². The van der Waals surface area contributed by atoms with Crippen LogP contribution in [0.15, 0.2) is 36.4 Å². The highest BCUT2D eigenvalue weighted by molar-refractivity contribution is 5.63. The zero-order valence-electron chi connectivity index (χ0n) is 12.3. The van der Waals surface area contributed by atoms with E-state index < -0.39 is 0 Å². The molecule has 0 aromatic heterocycles. The second-order valence-electron chi connectivity index (χ2n) is 4.89. The van der Waals surface area contributed by atoms with E-state index in [9.17, 15) is 0 Å². The summed E-state index contributed by atoms with van der Waals surface area (Å²) in [4.78, 5) is 0. The first-order valence-corrected chi connectivity index (χ1v) is 6.88. The molecule has 2 N–H and O–H groups in total. The summed E-state index contributed by atoms with van der Waals surface area (Å²) < 4.78 is 11.5. The van der Waals surface area contributed by atoms with Crippen LogP contribution < -0.4 is 15.2 Å². The van der Waals surface area contributed by atoms with Gasteiger partial charge in [0.25, 0.3) is 0 Å². The molecule has 106 valence electrons. The quantitative estimate of drug-likeness (QED) is 0.816. The van der Waals surface area contributed by atoms with Crippen molar-refractivity contribution in [2.75, 3.05) is 12.3 Å². The fourth-order valence-corrected chi connectivity index (χ4v) is 1.89. The first-order valence-electron chi connectivity index (χ1n) is 6.88. The molecule has 0 heterocycles. The third-order valence-corrected chi connectivity index (χ3v) is 3.05. The van der Waals surface area contributed by atoms with Crippen molar-refractivity contribution >= 4 is 5.69 Å². The summed E-state index contributed by atoms with van der Waals surface area (Å²) in [7, 11) is 0. The number of ether oxygens (including phenoxy) is 2. The van der Waals surface area contributed by atoms with Crippen LogP contribution in [0, 0.1) is 13.8 Å². The Bertz CT molecular complexity index is 594. The van der Waals surface area contributed by atoms with Gasteiger partial charge in [0.15, 0.2) is 5.75 Å². The molecular formula is C17H21NO2. The van der Waals surface area contributed by atoms with Crippen LogP contribution in [0.5, 0.6) is 17.2 Å². The van der Waals surface area contributed by atoms with Crippen molar-refractivity contribution in [1.29, 1.82) is 0 Å². The normalized spacial score (nSPS) is 10.3. The number of hydrogen-bond donors (Lipinski definition) is 1. The van der Waals surface area contributed by atoms with E-state index in [4.69, 9.17) is 15.2 Å². The van der Waals surface area contributed by atoms with Gasteiger partial charge in [0, 0.05) is 0 Å². The number of benzene rings is 2. The van der Waals surface area contributed by atoms with Crippen molar-refractivity contribution in [3.63, 3.8) is 0 Å². The van der Waals surface area contributed by atoms with E-state index in [2.05, 4.69) is 13.0 Å². The van der Waals surface area contributed by atoms with Crippen molar-refractivity contribution in [2.24, 2.45) is 0 Å². The summed E-state index contributed by atoms with van der Waals surface area (Å²) in [6, 6.07) is 11.7. The Hall–Kier alpha value is -2.16. The van der Waals surface area contributed by atoms with Crippen molar-refractivity contribution in [1.82, 2.24) is 0 Å². The van der Waals surface area contributed by atoms with Crippen LogP contribution in [0.25, 0.3) is 0 Å². The van der Waals surface area contributed by atoms with Gasteiger partial charge in [-0.15, -0.1) is 0 Å². The zero-order chi connectivity index (χ0) is 14.5. The van der Waals surface area contributed by atoms with Crippen LogP contribution in [0.4, 0.5) is 5.69 Å². The van der Waals surface area contributed by atoms with Gasteiger partial charge in [0.1, 0.15) is 17.2 Å². The lowest BCUT2D eigenvalue weighted by atomic mass is 10.1. The molecule has 3 nitrogen and oxygen atoms in total. The summed E-state index contributed by atoms with van der Waals surface area (Å²) in [5, 5.41) is 0. The van der Waals surface area contributed by atoms with Crippen LogP contribution in [0.1, 0.15) is 24.5 Å². The molecule has 20 heavy (non-hydrogen) atoms. The van der Waals surface area contributed by atoms with E-state index in [1.807, 2.05) is 44.2 Å². The molecule has 0 spiro atoms.